The van der Waals surface area contributed by atoms with Gasteiger partial charge in [0.25, 0.3) is 0 Å². The van der Waals surface area contributed by atoms with E-state index in [1.165, 1.54) is 0 Å². The van der Waals surface area contributed by atoms with Gasteiger partial charge >= 0.3 is 0 Å². The Morgan fingerprint density at radius 1 is 1.10 bits per heavy atom. The van der Waals surface area contributed by atoms with E-state index in [-0.39, 0.29) is 5.91 Å². The van der Waals surface area contributed by atoms with E-state index >= 15 is 0 Å². The summed E-state index contributed by atoms with van der Waals surface area (Å²) in [5.41, 5.74) is 0.879. The van der Waals surface area contributed by atoms with Crippen LogP contribution in [0.2, 0.25) is 0 Å². The topological polar surface area (TPSA) is 70.2 Å². The highest BCUT2D eigenvalue weighted by atomic mass is 32.2. The molecule has 0 bridgehead atoms. The van der Waals surface area contributed by atoms with Crippen molar-refractivity contribution in [2.75, 3.05) is 57.9 Å². The number of hydrogen-bond acceptors (Lipinski definition) is 5. The van der Waals surface area contributed by atoms with Crippen molar-refractivity contribution in [2.45, 2.75) is 43.4 Å². The monoisotopic (exact) mass is 435 g/mol. The van der Waals surface area contributed by atoms with Crippen molar-refractivity contribution in [1.82, 2.24) is 9.21 Å². The fourth-order valence-electron chi connectivity index (χ4n) is 4.89. The van der Waals surface area contributed by atoms with E-state index in [0.29, 0.717) is 23.9 Å². The minimum absolute atomic E-state index is 0.00636. The molecule has 0 atom stereocenters. The number of piperidine rings is 1. The van der Waals surface area contributed by atoms with Gasteiger partial charge in [-0.15, -0.1) is 0 Å². The average Bonchev–Trinajstić information content (AvgIpc) is 2.93. The summed E-state index contributed by atoms with van der Waals surface area (Å²) in [7, 11) is -1.81. The number of anilines is 1. The second kappa shape index (κ2) is 8.22. The zero-order chi connectivity index (χ0) is 21.5. The fraction of sp³-hybridized carbons (Fsp3) is 0.682. The molecular weight excluding hydrogens is 402 g/mol. The fourth-order valence-corrected chi connectivity index (χ4v) is 6.39. The molecule has 1 amide bonds. The van der Waals surface area contributed by atoms with Crippen molar-refractivity contribution in [2.24, 2.45) is 5.92 Å². The van der Waals surface area contributed by atoms with Gasteiger partial charge in [0.05, 0.1) is 23.5 Å². The molecule has 4 rings (SSSR count). The molecule has 2 saturated heterocycles. The highest BCUT2D eigenvalue weighted by Gasteiger charge is 2.43. The summed E-state index contributed by atoms with van der Waals surface area (Å²) >= 11 is 0. The van der Waals surface area contributed by atoms with Crippen molar-refractivity contribution < 1.29 is 17.9 Å². The molecular formula is C22H33N3O4S. The largest absolute Gasteiger partial charge is 0.379 e. The first-order valence-electron chi connectivity index (χ1n) is 10.9. The van der Waals surface area contributed by atoms with E-state index < -0.39 is 15.4 Å². The van der Waals surface area contributed by atoms with Gasteiger partial charge in [-0.1, -0.05) is 0 Å². The number of sulfonamides is 1. The van der Waals surface area contributed by atoms with Gasteiger partial charge in [-0.2, -0.15) is 4.31 Å². The molecule has 1 aromatic rings. The summed E-state index contributed by atoms with van der Waals surface area (Å²) in [5.74, 6) is 0.567. The van der Waals surface area contributed by atoms with Crippen LogP contribution in [0, 0.1) is 5.92 Å². The molecule has 0 aliphatic carbocycles. The van der Waals surface area contributed by atoms with E-state index in [2.05, 4.69) is 4.90 Å². The van der Waals surface area contributed by atoms with E-state index in [0.717, 1.165) is 63.4 Å². The van der Waals surface area contributed by atoms with Gasteiger partial charge in [0, 0.05) is 38.9 Å². The molecule has 166 valence electrons. The Kier molecular flexibility index (Phi) is 5.96. The molecule has 0 unspecified atom stereocenters. The minimum atomic E-state index is -3.55. The summed E-state index contributed by atoms with van der Waals surface area (Å²) in [5, 5.41) is 0. The molecule has 3 heterocycles. The molecule has 30 heavy (non-hydrogen) atoms. The van der Waals surface area contributed by atoms with Crippen LogP contribution in [-0.2, 0) is 25.0 Å². The number of likely N-dealkylation sites (N-methyl/N-ethyl adjacent to an activating group) is 1. The number of fused-ring (bicyclic) bond motifs is 1. The standard InChI is InChI=1S/C22H33N3O4S/c1-22(2)19-16-18(4-5-20(19)23(3)21(22)26)30(27,28)25-10-7-17(8-11-25)6-9-24-12-14-29-15-13-24/h4-5,16-17H,6-15H2,1-3H3. The van der Waals surface area contributed by atoms with Crippen LogP contribution in [0.25, 0.3) is 0 Å². The Balaban J connectivity index is 1.40. The van der Waals surface area contributed by atoms with E-state index in [1.54, 1.807) is 34.5 Å². The zero-order valence-electron chi connectivity index (χ0n) is 18.3. The first kappa shape index (κ1) is 21.7. The number of carbonyl (C=O) groups excluding carboxylic acids is 1. The third-order valence-electron chi connectivity index (χ3n) is 7.01. The lowest BCUT2D eigenvalue weighted by Gasteiger charge is -2.33. The highest BCUT2D eigenvalue weighted by Crippen LogP contribution is 2.42. The van der Waals surface area contributed by atoms with Gasteiger partial charge in [0.2, 0.25) is 15.9 Å². The molecule has 0 N–H and O–H groups in total. The molecule has 0 saturated carbocycles. The van der Waals surface area contributed by atoms with Gasteiger partial charge in [0.15, 0.2) is 0 Å². The Bertz CT molecular complexity index is 901. The lowest BCUT2D eigenvalue weighted by Crippen LogP contribution is -2.40. The van der Waals surface area contributed by atoms with E-state index in [9.17, 15) is 13.2 Å². The van der Waals surface area contributed by atoms with Crippen LogP contribution in [0.3, 0.4) is 0 Å². The number of benzene rings is 1. The molecule has 8 heteroatoms. The molecule has 3 aliphatic heterocycles. The van der Waals surface area contributed by atoms with Crippen molar-refractivity contribution in [3.8, 4) is 0 Å². The van der Waals surface area contributed by atoms with Gasteiger partial charge < -0.3 is 9.64 Å². The summed E-state index contributed by atoms with van der Waals surface area (Å²) in [6.45, 7) is 9.54. The minimum Gasteiger partial charge on any atom is -0.379 e. The SMILES string of the molecule is CN1C(=O)C(C)(C)c2cc(S(=O)(=O)N3CCC(CCN4CCOCC4)CC3)ccc21. The Morgan fingerprint density at radius 2 is 1.77 bits per heavy atom. The normalized spacial score (nSPS) is 23.7. The van der Waals surface area contributed by atoms with Crippen LogP contribution in [0.15, 0.2) is 23.1 Å². The van der Waals surface area contributed by atoms with Crippen LogP contribution in [0.4, 0.5) is 5.69 Å². The molecule has 0 radical (unpaired) electrons. The number of nitrogens with zero attached hydrogens (tertiary/aromatic N) is 3. The number of hydrogen-bond donors (Lipinski definition) is 0. The summed E-state index contributed by atoms with van der Waals surface area (Å²) in [6, 6.07) is 5.12. The third-order valence-corrected chi connectivity index (χ3v) is 8.91. The molecule has 3 aliphatic rings. The molecule has 7 nitrogen and oxygen atoms in total. The van der Waals surface area contributed by atoms with Crippen LogP contribution < -0.4 is 4.90 Å². The van der Waals surface area contributed by atoms with Crippen molar-refractivity contribution in [3.63, 3.8) is 0 Å². The van der Waals surface area contributed by atoms with Crippen LogP contribution in [-0.4, -0.2) is 76.5 Å². The predicted molar refractivity (Wildman–Crippen MR) is 116 cm³/mol. The maximum Gasteiger partial charge on any atom is 0.243 e. The summed E-state index contributed by atoms with van der Waals surface area (Å²) in [4.78, 5) is 16.9. The predicted octanol–water partition coefficient (Wildman–Crippen LogP) is 2.06. The van der Waals surface area contributed by atoms with Crippen LogP contribution in [0.1, 0.15) is 38.7 Å². The zero-order valence-corrected chi connectivity index (χ0v) is 19.1. The van der Waals surface area contributed by atoms with E-state index in [1.807, 2.05) is 13.8 Å². The smallest absolute Gasteiger partial charge is 0.243 e. The average molecular weight is 436 g/mol. The van der Waals surface area contributed by atoms with Crippen LogP contribution >= 0.6 is 0 Å². The number of amides is 1. The molecule has 0 spiro atoms. The van der Waals surface area contributed by atoms with Crippen molar-refractivity contribution in [1.29, 1.82) is 0 Å². The first-order valence-corrected chi connectivity index (χ1v) is 12.4. The second-order valence-electron chi connectivity index (χ2n) is 9.26. The van der Waals surface area contributed by atoms with Gasteiger partial charge in [-0.05, 0) is 69.3 Å². The highest BCUT2D eigenvalue weighted by molar-refractivity contribution is 7.89. The third kappa shape index (κ3) is 3.90. The van der Waals surface area contributed by atoms with Gasteiger partial charge in [-0.25, -0.2) is 8.42 Å². The van der Waals surface area contributed by atoms with E-state index in [4.69, 9.17) is 4.74 Å². The maximum atomic E-state index is 13.3. The van der Waals surface area contributed by atoms with Crippen molar-refractivity contribution in [3.05, 3.63) is 23.8 Å². The lowest BCUT2D eigenvalue weighted by atomic mass is 9.86. The molecule has 0 aromatic heterocycles. The van der Waals surface area contributed by atoms with Gasteiger partial charge in [-0.3, -0.25) is 9.69 Å². The Morgan fingerprint density at radius 3 is 2.43 bits per heavy atom. The second-order valence-corrected chi connectivity index (χ2v) is 11.2. The number of ether oxygens (including phenoxy) is 1. The lowest BCUT2D eigenvalue weighted by molar-refractivity contribution is -0.121. The summed E-state index contributed by atoms with van der Waals surface area (Å²) in [6.07, 6.45) is 2.93. The van der Waals surface area contributed by atoms with Crippen LogP contribution in [0.5, 0.6) is 0 Å². The Labute approximate surface area is 180 Å². The Hall–Kier alpha value is -1.48. The molecule has 1 aromatic carbocycles. The number of carbonyl (C=O) groups is 1. The summed E-state index contributed by atoms with van der Waals surface area (Å²) < 4.78 is 33.6. The number of rotatable bonds is 5. The molecule has 2 fully saturated rings. The van der Waals surface area contributed by atoms with Gasteiger partial charge in [0.1, 0.15) is 0 Å². The van der Waals surface area contributed by atoms with Crippen molar-refractivity contribution >= 4 is 21.6 Å². The number of morpholine rings is 1. The maximum absolute atomic E-state index is 13.3. The quantitative estimate of drug-likeness (QED) is 0.708. The first-order chi connectivity index (χ1) is 14.2.